The number of piperidine rings is 1. The molecule has 0 spiro atoms. The molecule has 2 aromatic carbocycles. The Morgan fingerprint density at radius 1 is 1.15 bits per heavy atom. The summed E-state index contributed by atoms with van der Waals surface area (Å²) in [5, 5.41) is 12.9. The Kier molecular flexibility index (Phi) is 5.82. The summed E-state index contributed by atoms with van der Waals surface area (Å²) in [5.74, 6) is -0.666. The van der Waals surface area contributed by atoms with Crippen LogP contribution in [-0.4, -0.2) is 49.7 Å². The molecule has 1 saturated heterocycles. The van der Waals surface area contributed by atoms with E-state index in [0.717, 1.165) is 38.7 Å². The summed E-state index contributed by atoms with van der Waals surface area (Å²) in [6.07, 6.45) is 2.69. The molecule has 0 aliphatic carbocycles. The number of hydrogen-bond acceptors (Lipinski definition) is 5. The smallest absolute Gasteiger partial charge is 0.255 e. The lowest BCUT2D eigenvalue weighted by atomic mass is 10.0. The number of sulfone groups is 1. The highest BCUT2D eigenvalue weighted by Crippen LogP contribution is 2.22. The van der Waals surface area contributed by atoms with E-state index in [1.165, 1.54) is 23.8 Å². The second kappa shape index (κ2) is 8.10. The van der Waals surface area contributed by atoms with Crippen molar-refractivity contribution in [3.63, 3.8) is 0 Å². The van der Waals surface area contributed by atoms with Crippen molar-refractivity contribution in [2.45, 2.75) is 30.3 Å². The van der Waals surface area contributed by atoms with Gasteiger partial charge in [-0.3, -0.25) is 9.69 Å². The second-order valence-electron chi connectivity index (χ2n) is 6.96. The summed E-state index contributed by atoms with van der Waals surface area (Å²) in [5.41, 5.74) is 1.26. The maximum atomic E-state index is 12.5. The predicted octanol–water partition coefficient (Wildman–Crippen LogP) is 2.19. The van der Waals surface area contributed by atoms with Crippen LogP contribution in [0.15, 0.2) is 53.4 Å². The van der Waals surface area contributed by atoms with Crippen LogP contribution >= 0.6 is 0 Å². The number of phenolic OH excluding ortho intramolecular Hbond substituents is 1. The van der Waals surface area contributed by atoms with E-state index in [0.29, 0.717) is 0 Å². The summed E-state index contributed by atoms with van der Waals surface area (Å²) in [6.45, 7) is 2.63. The highest BCUT2D eigenvalue weighted by molar-refractivity contribution is 7.90. The van der Waals surface area contributed by atoms with Gasteiger partial charge in [0.05, 0.1) is 10.5 Å². The largest absolute Gasteiger partial charge is 0.507 e. The van der Waals surface area contributed by atoms with Gasteiger partial charge in [0.15, 0.2) is 9.84 Å². The van der Waals surface area contributed by atoms with Crippen molar-refractivity contribution in [3.05, 3.63) is 59.7 Å². The SMILES string of the molecule is CS(=O)(=O)c1ccc(O)c(C(=O)NC2CCN(Cc3ccccc3)CC2)c1. The number of carbonyl (C=O) groups excluding carboxylic acids is 1. The predicted molar refractivity (Wildman–Crippen MR) is 103 cm³/mol. The van der Waals surface area contributed by atoms with E-state index >= 15 is 0 Å². The minimum Gasteiger partial charge on any atom is -0.507 e. The van der Waals surface area contributed by atoms with Crippen molar-refractivity contribution in [1.82, 2.24) is 10.2 Å². The maximum absolute atomic E-state index is 12.5. The zero-order chi connectivity index (χ0) is 19.4. The number of rotatable bonds is 5. The van der Waals surface area contributed by atoms with Crippen LogP contribution < -0.4 is 5.32 Å². The summed E-state index contributed by atoms with van der Waals surface area (Å²) >= 11 is 0. The third kappa shape index (κ3) is 5.08. The number of nitrogens with one attached hydrogen (secondary N) is 1. The first-order chi connectivity index (χ1) is 12.8. The number of benzene rings is 2. The van der Waals surface area contributed by atoms with Crippen LogP contribution in [0.2, 0.25) is 0 Å². The van der Waals surface area contributed by atoms with Gasteiger partial charge in [0.2, 0.25) is 0 Å². The summed E-state index contributed by atoms with van der Waals surface area (Å²) < 4.78 is 23.4. The van der Waals surface area contributed by atoms with E-state index in [9.17, 15) is 18.3 Å². The fraction of sp³-hybridized carbons (Fsp3) is 0.350. The van der Waals surface area contributed by atoms with Gasteiger partial charge in [0.1, 0.15) is 5.75 Å². The molecule has 1 fully saturated rings. The molecule has 6 nitrogen and oxygen atoms in total. The van der Waals surface area contributed by atoms with Crippen LogP contribution in [0.25, 0.3) is 0 Å². The van der Waals surface area contributed by atoms with Gasteiger partial charge in [-0.1, -0.05) is 30.3 Å². The molecular formula is C20H24N2O4S. The van der Waals surface area contributed by atoms with Crippen LogP contribution in [0.3, 0.4) is 0 Å². The molecule has 0 saturated carbocycles. The molecule has 27 heavy (non-hydrogen) atoms. The molecule has 0 atom stereocenters. The maximum Gasteiger partial charge on any atom is 0.255 e. The van der Waals surface area contributed by atoms with E-state index < -0.39 is 15.7 Å². The molecular weight excluding hydrogens is 364 g/mol. The van der Waals surface area contributed by atoms with E-state index in [1.807, 2.05) is 18.2 Å². The van der Waals surface area contributed by atoms with Gasteiger partial charge < -0.3 is 10.4 Å². The minimum atomic E-state index is -3.44. The van der Waals surface area contributed by atoms with Crippen LogP contribution in [0.5, 0.6) is 5.75 Å². The Labute approximate surface area is 159 Å². The first-order valence-corrected chi connectivity index (χ1v) is 10.8. The van der Waals surface area contributed by atoms with Crippen molar-refractivity contribution in [2.24, 2.45) is 0 Å². The third-order valence-electron chi connectivity index (χ3n) is 4.81. The molecule has 2 N–H and O–H groups in total. The first-order valence-electron chi connectivity index (χ1n) is 8.93. The lowest BCUT2D eigenvalue weighted by Crippen LogP contribution is -2.44. The van der Waals surface area contributed by atoms with Crippen molar-refractivity contribution < 1.29 is 18.3 Å². The molecule has 1 aliphatic heterocycles. The number of hydrogen-bond donors (Lipinski definition) is 2. The van der Waals surface area contributed by atoms with Gasteiger partial charge in [-0.15, -0.1) is 0 Å². The zero-order valence-corrected chi connectivity index (χ0v) is 16.1. The van der Waals surface area contributed by atoms with Crippen LogP contribution in [-0.2, 0) is 16.4 Å². The van der Waals surface area contributed by atoms with Crippen LogP contribution in [0.4, 0.5) is 0 Å². The molecule has 3 rings (SSSR count). The molecule has 1 amide bonds. The molecule has 144 valence electrons. The fourth-order valence-corrected chi connectivity index (χ4v) is 3.92. The van der Waals surface area contributed by atoms with E-state index in [4.69, 9.17) is 0 Å². The Morgan fingerprint density at radius 2 is 1.81 bits per heavy atom. The molecule has 0 radical (unpaired) electrons. The van der Waals surface area contributed by atoms with Gasteiger partial charge >= 0.3 is 0 Å². The molecule has 2 aromatic rings. The topological polar surface area (TPSA) is 86.7 Å². The third-order valence-corrected chi connectivity index (χ3v) is 5.92. The van der Waals surface area contributed by atoms with Gasteiger partial charge in [-0.2, -0.15) is 0 Å². The van der Waals surface area contributed by atoms with E-state index in [-0.39, 0.29) is 22.3 Å². The Hall–Kier alpha value is -2.38. The van der Waals surface area contributed by atoms with Crippen molar-refractivity contribution in [3.8, 4) is 5.75 Å². The van der Waals surface area contributed by atoms with Gasteiger partial charge in [0, 0.05) is 31.9 Å². The summed E-state index contributed by atoms with van der Waals surface area (Å²) in [7, 11) is -3.44. The van der Waals surface area contributed by atoms with Crippen molar-refractivity contribution in [1.29, 1.82) is 0 Å². The average molecular weight is 388 g/mol. The number of aromatic hydroxyl groups is 1. The molecule has 0 bridgehead atoms. The summed E-state index contributed by atoms with van der Waals surface area (Å²) in [4.78, 5) is 14.9. The molecule has 0 aromatic heterocycles. The highest BCUT2D eigenvalue weighted by atomic mass is 32.2. The number of carbonyl (C=O) groups is 1. The average Bonchev–Trinajstić information content (AvgIpc) is 2.63. The minimum absolute atomic E-state index is 0.00538. The van der Waals surface area contributed by atoms with Gasteiger partial charge in [0.25, 0.3) is 5.91 Å². The Morgan fingerprint density at radius 3 is 2.44 bits per heavy atom. The van der Waals surface area contributed by atoms with Crippen molar-refractivity contribution in [2.75, 3.05) is 19.3 Å². The monoisotopic (exact) mass is 388 g/mol. The standard InChI is InChI=1S/C20H24N2O4S/c1-27(25,26)17-7-8-19(23)18(13-17)20(24)21-16-9-11-22(12-10-16)14-15-5-3-2-4-6-15/h2-8,13,16,23H,9-12,14H2,1H3,(H,21,24). The normalized spacial score (nSPS) is 16.2. The van der Waals surface area contributed by atoms with Crippen LogP contribution in [0.1, 0.15) is 28.8 Å². The number of nitrogens with zero attached hydrogens (tertiary/aromatic N) is 1. The lowest BCUT2D eigenvalue weighted by molar-refractivity contribution is 0.0906. The Bertz CT molecular complexity index is 905. The molecule has 0 unspecified atom stereocenters. The van der Waals surface area contributed by atoms with E-state index in [2.05, 4.69) is 22.3 Å². The molecule has 1 heterocycles. The summed E-state index contributed by atoms with van der Waals surface area (Å²) in [6, 6.07) is 14.0. The van der Waals surface area contributed by atoms with Crippen molar-refractivity contribution >= 4 is 15.7 Å². The second-order valence-corrected chi connectivity index (χ2v) is 8.98. The number of amides is 1. The fourth-order valence-electron chi connectivity index (χ4n) is 3.27. The van der Waals surface area contributed by atoms with Crippen LogP contribution in [0, 0.1) is 0 Å². The van der Waals surface area contributed by atoms with Gasteiger partial charge in [-0.05, 0) is 36.6 Å². The first kappa shape index (κ1) is 19.4. The molecule has 7 heteroatoms. The zero-order valence-electron chi connectivity index (χ0n) is 15.3. The number of likely N-dealkylation sites (tertiary alicyclic amines) is 1. The molecule has 1 aliphatic rings. The lowest BCUT2D eigenvalue weighted by Gasteiger charge is -2.32. The number of phenols is 1. The van der Waals surface area contributed by atoms with E-state index in [1.54, 1.807) is 0 Å². The quantitative estimate of drug-likeness (QED) is 0.820. The van der Waals surface area contributed by atoms with Gasteiger partial charge in [-0.25, -0.2) is 8.42 Å². The Balaban J connectivity index is 1.58. The highest BCUT2D eigenvalue weighted by Gasteiger charge is 2.23.